The van der Waals surface area contributed by atoms with Crippen LogP contribution in [0.2, 0.25) is 0 Å². The number of unbranched alkanes of at least 4 members (excludes halogenated alkanes) is 1. The van der Waals surface area contributed by atoms with E-state index in [0.717, 1.165) is 39.0 Å². The largest absolute Gasteiger partial charge is 0.379 e. The van der Waals surface area contributed by atoms with Crippen LogP contribution in [0.3, 0.4) is 0 Å². The van der Waals surface area contributed by atoms with Gasteiger partial charge in [-0.3, -0.25) is 0 Å². The van der Waals surface area contributed by atoms with E-state index in [-0.39, 0.29) is 0 Å². The van der Waals surface area contributed by atoms with E-state index in [9.17, 15) is 0 Å². The summed E-state index contributed by atoms with van der Waals surface area (Å²) in [6.07, 6.45) is 9.69. The molecular weight excluding hydrogens is 204 g/mol. The fourth-order valence-electron chi connectivity index (χ4n) is 1.34. The van der Waals surface area contributed by atoms with Crippen molar-refractivity contribution in [3.05, 3.63) is 18.7 Å². The van der Waals surface area contributed by atoms with Crippen molar-refractivity contribution < 1.29 is 9.47 Å². The molecule has 4 heteroatoms. The molecule has 0 N–H and O–H groups in total. The molecule has 0 unspecified atom stereocenters. The third kappa shape index (κ3) is 6.58. The third-order valence-electron chi connectivity index (χ3n) is 2.18. The summed E-state index contributed by atoms with van der Waals surface area (Å²) >= 11 is 0. The van der Waals surface area contributed by atoms with Gasteiger partial charge in [-0.2, -0.15) is 0 Å². The minimum absolute atomic E-state index is 0.707. The lowest BCUT2D eigenvalue weighted by Crippen LogP contribution is -2.06. The Balaban J connectivity index is 1.78. The number of hydrogen-bond acceptors (Lipinski definition) is 3. The molecule has 1 aromatic rings. The van der Waals surface area contributed by atoms with Crippen LogP contribution < -0.4 is 0 Å². The molecule has 16 heavy (non-hydrogen) atoms. The van der Waals surface area contributed by atoms with E-state index in [0.29, 0.717) is 13.2 Å². The Morgan fingerprint density at radius 3 is 2.62 bits per heavy atom. The Labute approximate surface area is 97.6 Å². The van der Waals surface area contributed by atoms with Crippen molar-refractivity contribution >= 4 is 0 Å². The summed E-state index contributed by atoms with van der Waals surface area (Å²) in [6, 6.07) is 0. The first-order valence-corrected chi connectivity index (χ1v) is 5.96. The molecule has 0 spiro atoms. The molecule has 4 nitrogen and oxygen atoms in total. The number of aromatic nitrogens is 2. The summed E-state index contributed by atoms with van der Waals surface area (Å²) in [4.78, 5) is 3.87. The maximum Gasteiger partial charge on any atom is 0.108 e. The Kier molecular flexibility index (Phi) is 7.72. The average Bonchev–Trinajstić information content (AvgIpc) is 2.80. The van der Waals surface area contributed by atoms with Crippen LogP contribution in [0.5, 0.6) is 0 Å². The van der Waals surface area contributed by atoms with Gasteiger partial charge in [0.2, 0.25) is 0 Å². The molecule has 0 aromatic carbocycles. The number of rotatable bonds is 10. The monoisotopic (exact) mass is 225 g/mol. The number of imidazole rings is 1. The molecule has 1 radical (unpaired) electrons. The van der Waals surface area contributed by atoms with E-state index < -0.39 is 0 Å². The van der Waals surface area contributed by atoms with Gasteiger partial charge in [-0.15, -0.1) is 0 Å². The normalized spacial score (nSPS) is 10.8. The molecule has 0 aliphatic rings. The van der Waals surface area contributed by atoms with Crippen molar-refractivity contribution in [3.8, 4) is 0 Å². The maximum absolute atomic E-state index is 5.44. The highest BCUT2D eigenvalue weighted by atomic mass is 16.5. The molecule has 1 aromatic heterocycles. The molecule has 0 aliphatic carbocycles. The molecule has 0 bridgehead atoms. The van der Waals surface area contributed by atoms with Crippen LogP contribution in [0, 0.1) is 6.20 Å². The molecule has 0 saturated carbocycles. The lowest BCUT2D eigenvalue weighted by atomic mass is 10.3. The molecule has 91 valence electrons. The van der Waals surface area contributed by atoms with Crippen LogP contribution in [-0.4, -0.2) is 36.0 Å². The van der Waals surface area contributed by atoms with E-state index in [2.05, 4.69) is 18.1 Å². The van der Waals surface area contributed by atoms with Gasteiger partial charge in [-0.1, -0.05) is 6.92 Å². The summed E-state index contributed by atoms with van der Waals surface area (Å²) in [7, 11) is 0. The minimum Gasteiger partial charge on any atom is -0.379 e. The summed E-state index contributed by atoms with van der Waals surface area (Å²) in [5.41, 5.74) is 0. The van der Waals surface area contributed by atoms with Gasteiger partial charge in [-0.05, 0) is 19.3 Å². The molecule has 0 fully saturated rings. The molecule has 0 atom stereocenters. The average molecular weight is 225 g/mol. The first kappa shape index (κ1) is 13.2. The second-order valence-electron chi connectivity index (χ2n) is 3.67. The standard InChI is InChI=1S/C12H21N2O2/c1-2-8-15-10-11-16-9-4-3-6-14-7-5-13-12-14/h7,12H,2-4,6,8-11H2,1H3. The minimum atomic E-state index is 0.707. The summed E-state index contributed by atoms with van der Waals surface area (Å²) < 4.78 is 12.8. The van der Waals surface area contributed by atoms with Gasteiger partial charge in [0.25, 0.3) is 0 Å². The van der Waals surface area contributed by atoms with Crippen molar-refractivity contribution in [2.24, 2.45) is 0 Å². The predicted molar refractivity (Wildman–Crippen MR) is 62.2 cm³/mol. The van der Waals surface area contributed by atoms with Crippen molar-refractivity contribution in [3.63, 3.8) is 0 Å². The number of nitrogens with zero attached hydrogens (tertiary/aromatic N) is 2. The lowest BCUT2D eigenvalue weighted by molar-refractivity contribution is 0.0464. The van der Waals surface area contributed by atoms with Gasteiger partial charge < -0.3 is 14.0 Å². The molecular formula is C12H21N2O2. The highest BCUT2D eigenvalue weighted by Gasteiger charge is 1.92. The molecule has 1 heterocycles. The van der Waals surface area contributed by atoms with Crippen LogP contribution in [0.15, 0.2) is 12.5 Å². The van der Waals surface area contributed by atoms with Crippen LogP contribution in [0.4, 0.5) is 0 Å². The topological polar surface area (TPSA) is 36.3 Å². The molecule has 0 amide bonds. The van der Waals surface area contributed by atoms with Crippen molar-refractivity contribution in [1.82, 2.24) is 9.55 Å². The van der Waals surface area contributed by atoms with Gasteiger partial charge in [0, 0.05) is 26.0 Å². The second kappa shape index (κ2) is 9.36. The first-order valence-electron chi connectivity index (χ1n) is 5.96. The van der Waals surface area contributed by atoms with E-state index in [1.165, 1.54) is 0 Å². The highest BCUT2D eigenvalue weighted by molar-refractivity contribution is 4.71. The van der Waals surface area contributed by atoms with Crippen LogP contribution in [0.25, 0.3) is 0 Å². The number of hydrogen-bond donors (Lipinski definition) is 0. The Bertz CT molecular complexity index is 237. The van der Waals surface area contributed by atoms with Gasteiger partial charge in [0.15, 0.2) is 0 Å². The van der Waals surface area contributed by atoms with Crippen molar-refractivity contribution in [2.45, 2.75) is 32.7 Å². The number of aryl methyl sites for hydroxylation is 1. The fourth-order valence-corrected chi connectivity index (χ4v) is 1.34. The Hall–Kier alpha value is -0.870. The van der Waals surface area contributed by atoms with Gasteiger partial charge in [-0.25, -0.2) is 4.98 Å². The van der Waals surface area contributed by atoms with Gasteiger partial charge in [0.1, 0.15) is 6.20 Å². The van der Waals surface area contributed by atoms with Gasteiger partial charge in [0.05, 0.1) is 19.5 Å². The zero-order valence-corrected chi connectivity index (χ0v) is 10.0. The van der Waals surface area contributed by atoms with E-state index in [1.54, 1.807) is 6.33 Å². The number of ether oxygens (including phenoxy) is 2. The van der Waals surface area contributed by atoms with Crippen molar-refractivity contribution in [2.75, 3.05) is 26.4 Å². The molecule has 0 aliphatic heterocycles. The summed E-state index contributed by atoms with van der Waals surface area (Å²) in [6.45, 7) is 6.16. The van der Waals surface area contributed by atoms with Crippen LogP contribution >= 0.6 is 0 Å². The first-order chi connectivity index (χ1) is 7.93. The highest BCUT2D eigenvalue weighted by Crippen LogP contribution is 1.95. The summed E-state index contributed by atoms with van der Waals surface area (Å²) in [5.74, 6) is 0. The lowest BCUT2D eigenvalue weighted by Gasteiger charge is -2.05. The zero-order valence-electron chi connectivity index (χ0n) is 10.0. The Morgan fingerprint density at radius 2 is 1.94 bits per heavy atom. The van der Waals surface area contributed by atoms with Crippen molar-refractivity contribution in [1.29, 1.82) is 0 Å². The summed E-state index contributed by atoms with van der Waals surface area (Å²) in [5, 5.41) is 0. The SMILES string of the molecule is CCCOCCOCCCCn1c[c]nc1. The molecule has 0 saturated heterocycles. The third-order valence-corrected chi connectivity index (χ3v) is 2.18. The predicted octanol–water partition coefficient (Wildman–Crippen LogP) is 1.91. The maximum atomic E-state index is 5.44. The Morgan fingerprint density at radius 1 is 1.12 bits per heavy atom. The van der Waals surface area contributed by atoms with Gasteiger partial charge >= 0.3 is 0 Å². The zero-order chi connectivity index (χ0) is 11.5. The smallest absolute Gasteiger partial charge is 0.108 e. The van der Waals surface area contributed by atoms with E-state index >= 15 is 0 Å². The molecule has 1 rings (SSSR count). The van der Waals surface area contributed by atoms with Crippen LogP contribution in [0.1, 0.15) is 26.2 Å². The van der Waals surface area contributed by atoms with Crippen LogP contribution in [-0.2, 0) is 16.0 Å². The van der Waals surface area contributed by atoms with E-state index in [4.69, 9.17) is 9.47 Å². The van der Waals surface area contributed by atoms with E-state index in [1.807, 2.05) is 10.8 Å². The fraction of sp³-hybridized carbons (Fsp3) is 0.750. The second-order valence-corrected chi connectivity index (χ2v) is 3.67. The quantitative estimate of drug-likeness (QED) is 0.571.